The van der Waals surface area contributed by atoms with E-state index < -0.39 is 0 Å². The van der Waals surface area contributed by atoms with E-state index in [1.54, 1.807) is 0 Å². The first-order chi connectivity index (χ1) is 8.20. The van der Waals surface area contributed by atoms with Crippen LogP contribution in [-0.4, -0.2) is 45.8 Å². The van der Waals surface area contributed by atoms with Crippen molar-refractivity contribution in [3.8, 4) is 0 Å². The minimum absolute atomic E-state index is 0.796. The maximum Gasteiger partial charge on any atom is 0.146 e. The summed E-state index contributed by atoms with van der Waals surface area (Å²) in [4.78, 5) is 2.51. The summed E-state index contributed by atoms with van der Waals surface area (Å²) < 4.78 is 2.04. The lowest BCUT2D eigenvalue weighted by molar-refractivity contribution is 0.338. The molecule has 0 aliphatic carbocycles. The molecule has 2 heterocycles. The molecule has 1 aliphatic heterocycles. The van der Waals surface area contributed by atoms with Crippen LogP contribution in [0.15, 0.2) is 0 Å². The molecule has 0 amide bonds. The number of aryl methyl sites for hydroxylation is 1. The van der Waals surface area contributed by atoms with E-state index in [-0.39, 0.29) is 0 Å². The highest BCUT2D eigenvalue weighted by Crippen LogP contribution is 2.14. The molecule has 1 saturated heterocycles. The van der Waals surface area contributed by atoms with Crippen LogP contribution in [-0.2, 0) is 13.6 Å². The lowest BCUT2D eigenvalue weighted by atomic mass is 10.1. The van der Waals surface area contributed by atoms with Gasteiger partial charge in [0.05, 0.1) is 6.54 Å². The zero-order valence-electron chi connectivity index (χ0n) is 11.1. The van der Waals surface area contributed by atoms with E-state index in [4.69, 9.17) is 0 Å². The maximum atomic E-state index is 4.15. The lowest BCUT2D eigenvalue weighted by Crippen LogP contribution is -2.27. The number of nitrogens with one attached hydrogen (secondary N) is 1. The van der Waals surface area contributed by atoms with Crippen molar-refractivity contribution in [2.45, 2.75) is 26.8 Å². The summed E-state index contributed by atoms with van der Waals surface area (Å²) >= 11 is 0. The second-order valence-corrected chi connectivity index (χ2v) is 4.90. The van der Waals surface area contributed by atoms with Gasteiger partial charge in [-0.3, -0.25) is 0 Å². The normalized spacial score (nSPS) is 21.2. The van der Waals surface area contributed by atoms with Gasteiger partial charge in [-0.05, 0) is 38.9 Å². The SMILES string of the molecule is CCN1CCC(CNCc2nnc(C)n2C)C1. The quantitative estimate of drug-likeness (QED) is 0.812. The first-order valence-corrected chi connectivity index (χ1v) is 6.48. The predicted octanol–water partition coefficient (Wildman–Crippen LogP) is 0.555. The minimum atomic E-state index is 0.796. The van der Waals surface area contributed by atoms with E-state index in [1.165, 1.54) is 26.1 Å². The van der Waals surface area contributed by atoms with Gasteiger partial charge >= 0.3 is 0 Å². The molecule has 96 valence electrons. The largest absolute Gasteiger partial charge is 0.317 e. The summed E-state index contributed by atoms with van der Waals surface area (Å²) in [5, 5.41) is 11.7. The fourth-order valence-electron chi connectivity index (χ4n) is 2.36. The summed E-state index contributed by atoms with van der Waals surface area (Å²) in [6.45, 7) is 9.79. The predicted molar refractivity (Wildman–Crippen MR) is 67.7 cm³/mol. The molecule has 1 aromatic rings. The van der Waals surface area contributed by atoms with Crippen molar-refractivity contribution < 1.29 is 0 Å². The van der Waals surface area contributed by atoms with Crippen LogP contribution >= 0.6 is 0 Å². The minimum Gasteiger partial charge on any atom is -0.317 e. The molecule has 1 N–H and O–H groups in total. The molecule has 1 fully saturated rings. The van der Waals surface area contributed by atoms with Crippen LogP contribution in [0.4, 0.5) is 0 Å². The Morgan fingerprint density at radius 3 is 2.82 bits per heavy atom. The Labute approximate surface area is 103 Å². The molecule has 0 radical (unpaired) electrons. The lowest BCUT2D eigenvalue weighted by Gasteiger charge is -2.13. The van der Waals surface area contributed by atoms with E-state index in [9.17, 15) is 0 Å². The Hall–Kier alpha value is -0.940. The fourth-order valence-corrected chi connectivity index (χ4v) is 2.36. The number of nitrogens with zero attached hydrogens (tertiary/aromatic N) is 4. The van der Waals surface area contributed by atoms with Crippen LogP contribution in [0.3, 0.4) is 0 Å². The van der Waals surface area contributed by atoms with Crippen molar-refractivity contribution in [1.82, 2.24) is 25.0 Å². The van der Waals surface area contributed by atoms with Gasteiger partial charge in [0.1, 0.15) is 11.6 Å². The molecule has 1 aromatic heterocycles. The molecule has 0 spiro atoms. The van der Waals surface area contributed by atoms with Crippen LogP contribution in [0.2, 0.25) is 0 Å². The molecule has 1 atom stereocenters. The Bertz CT molecular complexity index is 360. The van der Waals surface area contributed by atoms with Crippen molar-refractivity contribution in [1.29, 1.82) is 0 Å². The highest BCUT2D eigenvalue weighted by Gasteiger charge is 2.20. The molecule has 0 saturated carbocycles. The van der Waals surface area contributed by atoms with Crippen molar-refractivity contribution in [2.75, 3.05) is 26.2 Å². The number of aromatic nitrogens is 3. The molecule has 0 aromatic carbocycles. The van der Waals surface area contributed by atoms with Gasteiger partial charge in [-0.25, -0.2) is 0 Å². The van der Waals surface area contributed by atoms with Crippen molar-refractivity contribution in [3.63, 3.8) is 0 Å². The molecular formula is C12H23N5. The van der Waals surface area contributed by atoms with Gasteiger partial charge in [0.25, 0.3) is 0 Å². The molecule has 2 rings (SSSR count). The van der Waals surface area contributed by atoms with E-state index in [0.29, 0.717) is 0 Å². The molecule has 0 bridgehead atoms. The monoisotopic (exact) mass is 237 g/mol. The number of hydrogen-bond donors (Lipinski definition) is 1. The third-order valence-electron chi connectivity index (χ3n) is 3.72. The van der Waals surface area contributed by atoms with E-state index in [0.717, 1.165) is 30.7 Å². The molecular weight excluding hydrogens is 214 g/mol. The van der Waals surface area contributed by atoms with E-state index in [2.05, 4.69) is 27.3 Å². The Morgan fingerprint density at radius 2 is 2.24 bits per heavy atom. The van der Waals surface area contributed by atoms with Crippen LogP contribution < -0.4 is 5.32 Å². The topological polar surface area (TPSA) is 46.0 Å². The summed E-state index contributed by atoms with van der Waals surface area (Å²) in [5.41, 5.74) is 0. The van der Waals surface area contributed by atoms with Gasteiger partial charge in [0.15, 0.2) is 0 Å². The average Bonchev–Trinajstić information content (AvgIpc) is 2.90. The van der Waals surface area contributed by atoms with Gasteiger partial charge < -0.3 is 14.8 Å². The van der Waals surface area contributed by atoms with Gasteiger partial charge in [-0.1, -0.05) is 6.92 Å². The summed E-state index contributed by atoms with van der Waals surface area (Å²) in [7, 11) is 2.01. The van der Waals surface area contributed by atoms with Gasteiger partial charge in [-0.2, -0.15) is 0 Å². The Kier molecular flexibility index (Phi) is 4.12. The Balaban J connectivity index is 1.71. The van der Waals surface area contributed by atoms with Crippen molar-refractivity contribution in [3.05, 3.63) is 11.6 Å². The van der Waals surface area contributed by atoms with Gasteiger partial charge in [0.2, 0.25) is 0 Å². The fraction of sp³-hybridized carbons (Fsp3) is 0.833. The average molecular weight is 237 g/mol. The van der Waals surface area contributed by atoms with Crippen molar-refractivity contribution >= 4 is 0 Å². The molecule has 1 aliphatic rings. The summed E-state index contributed by atoms with van der Waals surface area (Å²) in [6.07, 6.45) is 1.32. The highest BCUT2D eigenvalue weighted by atomic mass is 15.3. The van der Waals surface area contributed by atoms with Gasteiger partial charge in [-0.15, -0.1) is 10.2 Å². The van der Waals surface area contributed by atoms with Gasteiger partial charge in [0, 0.05) is 13.6 Å². The number of rotatable bonds is 5. The third kappa shape index (κ3) is 3.04. The van der Waals surface area contributed by atoms with Crippen LogP contribution in [0.25, 0.3) is 0 Å². The molecule has 17 heavy (non-hydrogen) atoms. The van der Waals surface area contributed by atoms with E-state index in [1.807, 2.05) is 18.5 Å². The van der Waals surface area contributed by atoms with E-state index >= 15 is 0 Å². The number of hydrogen-bond acceptors (Lipinski definition) is 4. The molecule has 5 nitrogen and oxygen atoms in total. The number of likely N-dealkylation sites (tertiary alicyclic amines) is 1. The Morgan fingerprint density at radius 1 is 1.41 bits per heavy atom. The highest BCUT2D eigenvalue weighted by molar-refractivity contribution is 4.92. The third-order valence-corrected chi connectivity index (χ3v) is 3.72. The zero-order chi connectivity index (χ0) is 12.3. The summed E-state index contributed by atoms with van der Waals surface area (Å²) in [5.74, 6) is 2.79. The molecule has 1 unspecified atom stereocenters. The smallest absolute Gasteiger partial charge is 0.146 e. The van der Waals surface area contributed by atoms with Crippen molar-refractivity contribution in [2.24, 2.45) is 13.0 Å². The standard InChI is InChI=1S/C12H23N5/c1-4-17-6-5-11(9-17)7-13-8-12-15-14-10(2)16(12)3/h11,13H,4-9H2,1-3H3. The zero-order valence-corrected chi connectivity index (χ0v) is 11.1. The first kappa shape index (κ1) is 12.5. The summed E-state index contributed by atoms with van der Waals surface area (Å²) in [6, 6.07) is 0. The van der Waals surface area contributed by atoms with Crippen LogP contribution in [0.5, 0.6) is 0 Å². The second-order valence-electron chi connectivity index (χ2n) is 4.90. The first-order valence-electron chi connectivity index (χ1n) is 6.48. The maximum absolute atomic E-state index is 4.15. The van der Waals surface area contributed by atoms with Crippen LogP contribution in [0.1, 0.15) is 25.0 Å². The second kappa shape index (κ2) is 5.60. The van der Waals surface area contributed by atoms with Crippen LogP contribution in [0, 0.1) is 12.8 Å². The molecule has 5 heteroatoms.